The molecule has 0 fully saturated rings. The highest BCUT2D eigenvalue weighted by Crippen LogP contribution is 2.17. The molecule has 142 valence electrons. The third-order valence-electron chi connectivity index (χ3n) is 4.22. The third-order valence-corrected chi connectivity index (χ3v) is 4.22. The van der Waals surface area contributed by atoms with E-state index < -0.39 is 0 Å². The molecule has 1 aromatic heterocycles. The molecule has 0 aliphatic rings. The van der Waals surface area contributed by atoms with Gasteiger partial charge >= 0.3 is 0 Å². The fourth-order valence-corrected chi connectivity index (χ4v) is 2.91. The Bertz CT molecular complexity index is 671. The minimum absolute atomic E-state index is 0.526. The fourth-order valence-electron chi connectivity index (χ4n) is 2.91. The molecule has 0 amide bonds. The molecule has 0 saturated heterocycles. The number of hydrogen-bond donors (Lipinski definition) is 2. The van der Waals surface area contributed by atoms with Crippen LogP contribution in [-0.4, -0.2) is 48.1 Å². The fraction of sp³-hybridized carbons (Fsp3) is 0.500. The van der Waals surface area contributed by atoms with E-state index in [2.05, 4.69) is 53.2 Å². The predicted octanol–water partition coefficient (Wildman–Crippen LogP) is 3.13. The van der Waals surface area contributed by atoms with Crippen molar-refractivity contribution >= 4 is 5.96 Å². The molecule has 1 aromatic carbocycles. The molecular formula is C20H31N5O. The van der Waals surface area contributed by atoms with Crippen molar-refractivity contribution in [1.29, 1.82) is 0 Å². The van der Waals surface area contributed by atoms with Gasteiger partial charge in [0.05, 0.1) is 12.2 Å². The van der Waals surface area contributed by atoms with Crippen LogP contribution in [0.5, 0.6) is 0 Å². The molecule has 0 aliphatic carbocycles. The first-order chi connectivity index (χ1) is 12.5. The summed E-state index contributed by atoms with van der Waals surface area (Å²) in [5, 5.41) is 6.64. The highest BCUT2D eigenvalue weighted by molar-refractivity contribution is 5.79. The van der Waals surface area contributed by atoms with Crippen LogP contribution >= 0.6 is 0 Å². The van der Waals surface area contributed by atoms with Crippen molar-refractivity contribution in [1.82, 2.24) is 20.5 Å². The van der Waals surface area contributed by atoms with Gasteiger partial charge in [0.2, 0.25) is 5.89 Å². The molecule has 2 N–H and O–H groups in total. The molecule has 0 unspecified atom stereocenters. The number of oxazole rings is 1. The van der Waals surface area contributed by atoms with E-state index in [1.54, 1.807) is 13.3 Å². The molecule has 2 aromatic rings. The monoisotopic (exact) mass is 357 g/mol. The van der Waals surface area contributed by atoms with E-state index in [-0.39, 0.29) is 0 Å². The van der Waals surface area contributed by atoms with Gasteiger partial charge in [-0.2, -0.15) is 0 Å². The molecule has 6 heteroatoms. The van der Waals surface area contributed by atoms with Gasteiger partial charge in [-0.3, -0.25) is 9.89 Å². The van der Waals surface area contributed by atoms with Crippen molar-refractivity contribution in [2.24, 2.45) is 4.99 Å². The van der Waals surface area contributed by atoms with Gasteiger partial charge < -0.3 is 15.1 Å². The van der Waals surface area contributed by atoms with Gasteiger partial charge in [-0.25, -0.2) is 4.98 Å². The quantitative estimate of drug-likeness (QED) is 0.561. The Hall–Kier alpha value is -2.34. The van der Waals surface area contributed by atoms with Crippen molar-refractivity contribution in [3.05, 3.63) is 42.3 Å². The first-order valence-corrected chi connectivity index (χ1v) is 9.21. The van der Waals surface area contributed by atoms with E-state index in [0.29, 0.717) is 24.5 Å². The topological polar surface area (TPSA) is 65.7 Å². The van der Waals surface area contributed by atoms with Gasteiger partial charge in [0.1, 0.15) is 6.26 Å². The highest BCUT2D eigenvalue weighted by atomic mass is 16.3. The van der Waals surface area contributed by atoms with Crippen LogP contribution in [0.15, 0.2) is 46.0 Å². The summed E-state index contributed by atoms with van der Waals surface area (Å²) < 4.78 is 5.56. The van der Waals surface area contributed by atoms with Crippen molar-refractivity contribution in [3.8, 4) is 11.5 Å². The van der Waals surface area contributed by atoms with E-state index >= 15 is 0 Å². The summed E-state index contributed by atoms with van der Waals surface area (Å²) in [6.45, 7) is 11.3. The largest absolute Gasteiger partial charge is 0.444 e. The molecule has 6 nitrogen and oxygen atoms in total. The first-order valence-electron chi connectivity index (χ1n) is 9.21. The lowest BCUT2D eigenvalue weighted by molar-refractivity contribution is 0.178. The van der Waals surface area contributed by atoms with Gasteiger partial charge in [-0.05, 0) is 39.8 Å². The molecular weight excluding hydrogens is 326 g/mol. The molecule has 1 heterocycles. The first kappa shape index (κ1) is 20.0. The zero-order chi connectivity index (χ0) is 18.9. The normalized spacial score (nSPS) is 12.2. The van der Waals surface area contributed by atoms with E-state index in [9.17, 15) is 0 Å². The standard InChI is InChI=1S/C20H31N5O/c1-15(2)25(16(3)4)12-11-22-20(21-5)23-13-18-14-26-19(24-18)17-9-7-6-8-10-17/h6-10,14-16H,11-13H2,1-5H3,(H2,21,22,23). The Labute approximate surface area is 156 Å². The molecule has 26 heavy (non-hydrogen) atoms. The summed E-state index contributed by atoms with van der Waals surface area (Å²) in [5.41, 5.74) is 1.82. The second kappa shape index (κ2) is 9.97. The van der Waals surface area contributed by atoms with Crippen LogP contribution in [0.2, 0.25) is 0 Å². The van der Waals surface area contributed by atoms with Crippen LogP contribution in [0, 0.1) is 0 Å². The zero-order valence-corrected chi connectivity index (χ0v) is 16.5. The van der Waals surface area contributed by atoms with Crippen LogP contribution < -0.4 is 10.6 Å². The summed E-state index contributed by atoms with van der Waals surface area (Å²) in [7, 11) is 1.77. The summed E-state index contributed by atoms with van der Waals surface area (Å²) in [4.78, 5) is 11.2. The highest BCUT2D eigenvalue weighted by Gasteiger charge is 2.13. The van der Waals surface area contributed by atoms with E-state index in [1.807, 2.05) is 30.3 Å². The number of benzene rings is 1. The van der Waals surface area contributed by atoms with Crippen LogP contribution in [0.25, 0.3) is 11.5 Å². The van der Waals surface area contributed by atoms with Gasteiger partial charge in [0.25, 0.3) is 0 Å². The second-order valence-electron chi connectivity index (χ2n) is 6.79. The van der Waals surface area contributed by atoms with E-state index in [0.717, 1.165) is 30.3 Å². The Morgan fingerprint density at radius 2 is 1.81 bits per heavy atom. The number of nitrogens with one attached hydrogen (secondary N) is 2. The molecule has 0 saturated carbocycles. The number of aromatic nitrogens is 1. The average molecular weight is 358 g/mol. The lowest BCUT2D eigenvalue weighted by Crippen LogP contribution is -2.45. The second-order valence-corrected chi connectivity index (χ2v) is 6.79. The van der Waals surface area contributed by atoms with Gasteiger partial charge in [0.15, 0.2) is 5.96 Å². The number of hydrogen-bond acceptors (Lipinski definition) is 4. The maximum absolute atomic E-state index is 5.56. The van der Waals surface area contributed by atoms with Crippen LogP contribution in [0.1, 0.15) is 33.4 Å². The summed E-state index contributed by atoms with van der Waals surface area (Å²) >= 11 is 0. The number of rotatable bonds is 8. The number of aliphatic imine (C=N–C) groups is 1. The molecule has 0 atom stereocenters. The van der Waals surface area contributed by atoms with Crippen molar-refractivity contribution in [3.63, 3.8) is 0 Å². The predicted molar refractivity (Wildman–Crippen MR) is 107 cm³/mol. The number of guanidine groups is 1. The van der Waals surface area contributed by atoms with E-state index in [4.69, 9.17) is 4.42 Å². The van der Waals surface area contributed by atoms with Gasteiger partial charge in [0, 0.05) is 37.8 Å². The molecule has 0 bridgehead atoms. The third kappa shape index (κ3) is 5.88. The Kier molecular flexibility index (Phi) is 7.66. The minimum Gasteiger partial charge on any atom is -0.444 e. The summed E-state index contributed by atoms with van der Waals surface area (Å²) in [6.07, 6.45) is 1.68. The van der Waals surface area contributed by atoms with Gasteiger partial charge in [-0.1, -0.05) is 18.2 Å². The summed E-state index contributed by atoms with van der Waals surface area (Å²) in [6, 6.07) is 10.9. The zero-order valence-electron chi connectivity index (χ0n) is 16.5. The Morgan fingerprint density at radius 1 is 1.12 bits per heavy atom. The Balaban J connectivity index is 1.81. The number of nitrogens with zero attached hydrogens (tertiary/aromatic N) is 3. The maximum Gasteiger partial charge on any atom is 0.226 e. The molecule has 0 aliphatic heterocycles. The minimum atomic E-state index is 0.526. The smallest absolute Gasteiger partial charge is 0.226 e. The molecule has 2 rings (SSSR count). The molecule has 0 radical (unpaired) electrons. The average Bonchev–Trinajstić information content (AvgIpc) is 3.10. The van der Waals surface area contributed by atoms with Crippen molar-refractivity contribution in [2.75, 3.05) is 20.1 Å². The van der Waals surface area contributed by atoms with Gasteiger partial charge in [-0.15, -0.1) is 0 Å². The van der Waals surface area contributed by atoms with Crippen LogP contribution in [-0.2, 0) is 6.54 Å². The lowest BCUT2D eigenvalue weighted by Gasteiger charge is -2.30. The van der Waals surface area contributed by atoms with Crippen LogP contribution in [0.4, 0.5) is 0 Å². The Morgan fingerprint density at radius 3 is 2.42 bits per heavy atom. The van der Waals surface area contributed by atoms with Crippen molar-refractivity contribution < 1.29 is 4.42 Å². The maximum atomic E-state index is 5.56. The molecule has 0 spiro atoms. The van der Waals surface area contributed by atoms with E-state index in [1.165, 1.54) is 0 Å². The van der Waals surface area contributed by atoms with Crippen molar-refractivity contribution in [2.45, 2.75) is 46.3 Å². The summed E-state index contributed by atoms with van der Waals surface area (Å²) in [5.74, 6) is 1.40. The lowest BCUT2D eigenvalue weighted by atomic mass is 10.2. The van der Waals surface area contributed by atoms with Crippen LogP contribution in [0.3, 0.4) is 0 Å². The SMILES string of the molecule is CN=C(NCCN(C(C)C)C(C)C)NCc1coc(-c2ccccc2)n1.